The molecule has 0 saturated heterocycles. The van der Waals surface area contributed by atoms with Gasteiger partial charge < -0.3 is 10.2 Å². The number of carbonyl (C=O) groups excluding carboxylic acids is 2. The van der Waals surface area contributed by atoms with E-state index in [1.165, 1.54) is 11.8 Å². The van der Waals surface area contributed by atoms with Gasteiger partial charge in [-0.25, -0.2) is 0 Å². The Balaban J connectivity index is 2.14. The van der Waals surface area contributed by atoms with Crippen molar-refractivity contribution in [3.63, 3.8) is 0 Å². The van der Waals surface area contributed by atoms with Crippen molar-refractivity contribution in [2.45, 2.75) is 20.8 Å². The molecule has 0 aliphatic carbocycles. The van der Waals surface area contributed by atoms with Gasteiger partial charge in [-0.05, 0) is 43.7 Å². The number of hydrogen-bond acceptors (Lipinski definition) is 2. The minimum atomic E-state index is -0.230. The molecule has 0 heterocycles. The molecule has 0 spiro atoms. The molecular weight excluding hydrogens is 356 g/mol. The van der Waals surface area contributed by atoms with Gasteiger partial charge in [0.15, 0.2) is 0 Å². The fourth-order valence-electron chi connectivity index (χ4n) is 2.32. The first-order valence-electron chi connectivity index (χ1n) is 7.27. The van der Waals surface area contributed by atoms with E-state index in [1.807, 2.05) is 50.2 Å². The second-order valence-electron chi connectivity index (χ2n) is 5.45. The lowest BCUT2D eigenvalue weighted by Gasteiger charge is -2.21. The highest BCUT2D eigenvalue weighted by molar-refractivity contribution is 9.10. The Morgan fingerprint density at radius 1 is 1.13 bits per heavy atom. The van der Waals surface area contributed by atoms with Crippen LogP contribution in [0, 0.1) is 13.8 Å². The van der Waals surface area contributed by atoms with Crippen LogP contribution in [0.2, 0.25) is 0 Å². The predicted molar refractivity (Wildman–Crippen MR) is 96.7 cm³/mol. The van der Waals surface area contributed by atoms with Crippen LogP contribution in [0.15, 0.2) is 46.9 Å². The van der Waals surface area contributed by atoms with Gasteiger partial charge in [-0.1, -0.05) is 39.7 Å². The summed E-state index contributed by atoms with van der Waals surface area (Å²) in [5.74, 6) is -0.411. The van der Waals surface area contributed by atoms with Crippen LogP contribution >= 0.6 is 15.9 Å². The molecule has 0 bridgehead atoms. The van der Waals surface area contributed by atoms with Crippen molar-refractivity contribution in [3.8, 4) is 0 Å². The lowest BCUT2D eigenvalue weighted by atomic mass is 10.1. The maximum atomic E-state index is 12.3. The highest BCUT2D eigenvalue weighted by Gasteiger charge is 2.16. The smallest absolute Gasteiger partial charge is 0.244 e. The summed E-state index contributed by atoms with van der Waals surface area (Å²) >= 11 is 3.38. The van der Waals surface area contributed by atoms with Crippen molar-refractivity contribution in [1.82, 2.24) is 0 Å². The number of rotatable bonds is 4. The van der Waals surface area contributed by atoms with E-state index in [0.717, 1.165) is 21.3 Å². The fraction of sp³-hybridized carbons (Fsp3) is 0.222. The van der Waals surface area contributed by atoms with E-state index in [9.17, 15) is 9.59 Å². The molecule has 2 aromatic carbocycles. The van der Waals surface area contributed by atoms with E-state index >= 15 is 0 Å². The van der Waals surface area contributed by atoms with Crippen molar-refractivity contribution in [2.75, 3.05) is 16.8 Å². The number of carbonyl (C=O) groups is 2. The largest absolute Gasteiger partial charge is 0.324 e. The Labute approximate surface area is 144 Å². The Kier molecular flexibility index (Phi) is 5.55. The predicted octanol–water partition coefficient (Wildman–Crippen LogP) is 4.06. The van der Waals surface area contributed by atoms with Crippen molar-refractivity contribution in [3.05, 3.63) is 58.1 Å². The van der Waals surface area contributed by atoms with E-state index in [1.54, 1.807) is 6.07 Å². The molecule has 0 saturated carbocycles. The number of hydrogen-bond donors (Lipinski definition) is 1. The van der Waals surface area contributed by atoms with Gasteiger partial charge >= 0.3 is 0 Å². The molecule has 2 rings (SSSR count). The topological polar surface area (TPSA) is 49.4 Å². The Bertz CT molecular complexity index is 744. The van der Waals surface area contributed by atoms with Gasteiger partial charge in [0.25, 0.3) is 0 Å². The minimum absolute atomic E-state index is 0.0287. The molecule has 1 N–H and O–H groups in total. The summed E-state index contributed by atoms with van der Waals surface area (Å²) in [6.07, 6.45) is 0. The molecule has 0 fully saturated rings. The molecule has 23 heavy (non-hydrogen) atoms. The first-order chi connectivity index (χ1) is 10.9. The average molecular weight is 375 g/mol. The number of aryl methyl sites for hydroxylation is 2. The van der Waals surface area contributed by atoms with E-state index < -0.39 is 0 Å². The van der Waals surface area contributed by atoms with Crippen LogP contribution in [0.3, 0.4) is 0 Å². The average Bonchev–Trinajstić information content (AvgIpc) is 2.47. The van der Waals surface area contributed by atoms with Gasteiger partial charge in [-0.15, -0.1) is 0 Å². The quantitative estimate of drug-likeness (QED) is 0.876. The number of amides is 2. The summed E-state index contributed by atoms with van der Waals surface area (Å²) in [5, 5.41) is 2.86. The Morgan fingerprint density at radius 2 is 1.87 bits per heavy atom. The molecule has 0 aliphatic rings. The molecule has 4 nitrogen and oxygen atoms in total. The summed E-state index contributed by atoms with van der Waals surface area (Å²) in [6, 6.07) is 13.1. The van der Waals surface area contributed by atoms with Crippen LogP contribution in [0.1, 0.15) is 18.1 Å². The van der Waals surface area contributed by atoms with Gasteiger partial charge in [-0.2, -0.15) is 0 Å². The van der Waals surface area contributed by atoms with Gasteiger partial charge in [0.2, 0.25) is 11.8 Å². The summed E-state index contributed by atoms with van der Waals surface area (Å²) in [6.45, 7) is 5.37. The molecular formula is C18H19BrN2O2. The Hall–Kier alpha value is -2.14. The van der Waals surface area contributed by atoms with Crippen LogP contribution < -0.4 is 10.2 Å². The number of halogens is 1. The van der Waals surface area contributed by atoms with E-state index in [0.29, 0.717) is 5.69 Å². The zero-order valence-electron chi connectivity index (χ0n) is 13.4. The zero-order valence-corrected chi connectivity index (χ0v) is 15.0. The van der Waals surface area contributed by atoms with E-state index in [2.05, 4.69) is 21.2 Å². The lowest BCUT2D eigenvalue weighted by molar-refractivity contribution is -0.120. The molecule has 120 valence electrons. The summed E-state index contributed by atoms with van der Waals surface area (Å²) < 4.78 is 0.857. The van der Waals surface area contributed by atoms with Crippen LogP contribution in [0.25, 0.3) is 0 Å². The maximum absolute atomic E-state index is 12.3. The van der Waals surface area contributed by atoms with Crippen LogP contribution in [0.5, 0.6) is 0 Å². The molecule has 0 unspecified atom stereocenters. The first-order valence-corrected chi connectivity index (χ1v) is 8.07. The SMILES string of the molecule is CC(=O)N(CC(=O)Nc1ccc(C)cc1C)c1cccc(Br)c1. The second-order valence-corrected chi connectivity index (χ2v) is 6.37. The standard InChI is InChI=1S/C18H19BrN2O2/c1-12-7-8-17(13(2)9-12)20-18(23)11-21(14(3)22)16-6-4-5-15(19)10-16/h4-10H,11H2,1-3H3,(H,20,23). The van der Waals surface area contributed by atoms with Crippen LogP contribution in [-0.2, 0) is 9.59 Å². The van der Waals surface area contributed by atoms with Crippen molar-refractivity contribution >= 4 is 39.1 Å². The molecule has 0 aromatic heterocycles. The normalized spacial score (nSPS) is 10.3. The van der Waals surface area contributed by atoms with Crippen LogP contribution in [0.4, 0.5) is 11.4 Å². The molecule has 2 aromatic rings. The minimum Gasteiger partial charge on any atom is -0.324 e. The van der Waals surface area contributed by atoms with Gasteiger partial charge in [0, 0.05) is 22.8 Å². The number of nitrogens with one attached hydrogen (secondary N) is 1. The highest BCUT2D eigenvalue weighted by atomic mass is 79.9. The third kappa shape index (κ3) is 4.66. The third-order valence-corrected chi connectivity index (χ3v) is 3.95. The summed E-state index contributed by atoms with van der Waals surface area (Å²) in [4.78, 5) is 25.6. The van der Waals surface area contributed by atoms with Crippen molar-refractivity contribution < 1.29 is 9.59 Å². The fourth-order valence-corrected chi connectivity index (χ4v) is 2.70. The number of nitrogens with zero attached hydrogens (tertiary/aromatic N) is 1. The van der Waals surface area contributed by atoms with Crippen molar-refractivity contribution in [2.24, 2.45) is 0 Å². The number of anilines is 2. The lowest BCUT2D eigenvalue weighted by Crippen LogP contribution is -2.36. The number of benzene rings is 2. The molecule has 0 radical (unpaired) electrons. The van der Waals surface area contributed by atoms with Gasteiger partial charge in [0.05, 0.1) is 0 Å². The van der Waals surface area contributed by atoms with Gasteiger partial charge in [-0.3, -0.25) is 9.59 Å². The van der Waals surface area contributed by atoms with Crippen LogP contribution in [-0.4, -0.2) is 18.4 Å². The summed E-state index contributed by atoms with van der Waals surface area (Å²) in [5.41, 5.74) is 3.58. The molecule has 0 aliphatic heterocycles. The van der Waals surface area contributed by atoms with Crippen molar-refractivity contribution in [1.29, 1.82) is 0 Å². The molecule has 2 amide bonds. The van der Waals surface area contributed by atoms with Gasteiger partial charge in [0.1, 0.15) is 6.54 Å². The van der Waals surface area contributed by atoms with E-state index in [4.69, 9.17) is 0 Å². The maximum Gasteiger partial charge on any atom is 0.244 e. The monoisotopic (exact) mass is 374 g/mol. The second kappa shape index (κ2) is 7.42. The first kappa shape index (κ1) is 17.2. The molecule has 5 heteroatoms. The summed E-state index contributed by atoms with van der Waals surface area (Å²) in [7, 11) is 0. The van der Waals surface area contributed by atoms with E-state index in [-0.39, 0.29) is 18.4 Å². The zero-order chi connectivity index (χ0) is 17.0. The highest BCUT2D eigenvalue weighted by Crippen LogP contribution is 2.21. The third-order valence-electron chi connectivity index (χ3n) is 3.46. The Morgan fingerprint density at radius 3 is 2.48 bits per heavy atom. The molecule has 0 atom stereocenters.